The van der Waals surface area contributed by atoms with Gasteiger partial charge < -0.3 is 14.5 Å². The molecule has 0 saturated carbocycles. The molecule has 7 heteroatoms. The van der Waals surface area contributed by atoms with Crippen LogP contribution in [-0.4, -0.2) is 59.6 Å². The second-order valence-corrected chi connectivity index (χ2v) is 7.48. The minimum Gasteiger partial charge on any atom is -0.450 e. The molecule has 3 heterocycles. The fourth-order valence-corrected chi connectivity index (χ4v) is 4.07. The molecule has 2 amide bonds. The van der Waals surface area contributed by atoms with E-state index in [1.54, 1.807) is 28.1 Å². The largest absolute Gasteiger partial charge is 0.450 e. The van der Waals surface area contributed by atoms with Crippen molar-refractivity contribution in [2.45, 2.75) is 6.92 Å². The Kier molecular flexibility index (Phi) is 5.25. The molecule has 144 valence electrons. The lowest BCUT2D eigenvalue weighted by atomic mass is 10.1. The summed E-state index contributed by atoms with van der Waals surface area (Å²) in [6, 6.07) is 13.6. The molecule has 28 heavy (non-hydrogen) atoms. The summed E-state index contributed by atoms with van der Waals surface area (Å²) >= 11 is 1.60. The van der Waals surface area contributed by atoms with Crippen LogP contribution in [0.1, 0.15) is 17.3 Å². The number of nitrogens with zero attached hydrogens (tertiary/aromatic N) is 3. The first kappa shape index (κ1) is 18.4. The lowest BCUT2D eigenvalue weighted by molar-refractivity contribution is 0.0572. The van der Waals surface area contributed by atoms with Gasteiger partial charge in [0.05, 0.1) is 28.3 Å². The molecule has 0 spiro atoms. The van der Waals surface area contributed by atoms with Crippen LogP contribution >= 0.6 is 11.3 Å². The molecule has 1 saturated heterocycles. The minimum atomic E-state index is -0.316. The summed E-state index contributed by atoms with van der Waals surface area (Å²) in [6.07, 6.45) is -0.316. The number of hydrogen-bond acceptors (Lipinski definition) is 5. The molecule has 1 aromatic carbocycles. The lowest BCUT2D eigenvalue weighted by Crippen LogP contribution is -2.50. The van der Waals surface area contributed by atoms with Crippen molar-refractivity contribution in [3.8, 4) is 10.6 Å². The van der Waals surface area contributed by atoms with E-state index >= 15 is 0 Å². The fourth-order valence-electron chi connectivity index (χ4n) is 3.38. The van der Waals surface area contributed by atoms with Gasteiger partial charge in [-0.3, -0.25) is 4.79 Å². The first-order valence-corrected chi connectivity index (χ1v) is 10.2. The van der Waals surface area contributed by atoms with Gasteiger partial charge in [-0.05, 0) is 30.5 Å². The van der Waals surface area contributed by atoms with E-state index in [4.69, 9.17) is 9.72 Å². The smallest absolute Gasteiger partial charge is 0.409 e. The summed E-state index contributed by atoms with van der Waals surface area (Å²) < 4.78 is 5.05. The van der Waals surface area contributed by atoms with Crippen LogP contribution in [0.15, 0.2) is 47.8 Å². The van der Waals surface area contributed by atoms with Gasteiger partial charge in [-0.1, -0.05) is 24.3 Å². The summed E-state index contributed by atoms with van der Waals surface area (Å²) in [5.74, 6) is -0.0279. The van der Waals surface area contributed by atoms with Crippen molar-refractivity contribution >= 4 is 34.2 Å². The molecule has 0 atom stereocenters. The molecule has 0 aliphatic carbocycles. The number of rotatable bonds is 3. The maximum Gasteiger partial charge on any atom is 0.409 e. The number of piperazine rings is 1. The molecule has 6 nitrogen and oxygen atoms in total. The van der Waals surface area contributed by atoms with Gasteiger partial charge in [0.2, 0.25) is 0 Å². The maximum atomic E-state index is 13.3. The number of hydrogen-bond donors (Lipinski definition) is 0. The Bertz CT molecular complexity index is 995. The van der Waals surface area contributed by atoms with Crippen LogP contribution < -0.4 is 0 Å². The van der Waals surface area contributed by atoms with Gasteiger partial charge in [0.15, 0.2) is 0 Å². The van der Waals surface area contributed by atoms with Gasteiger partial charge in [-0.25, -0.2) is 9.78 Å². The molecule has 2 aromatic heterocycles. The molecule has 1 aliphatic heterocycles. The Balaban J connectivity index is 1.62. The van der Waals surface area contributed by atoms with Gasteiger partial charge in [-0.2, -0.15) is 0 Å². The van der Waals surface area contributed by atoms with Gasteiger partial charge in [0, 0.05) is 31.6 Å². The van der Waals surface area contributed by atoms with Crippen molar-refractivity contribution < 1.29 is 14.3 Å². The number of fused-ring (bicyclic) bond motifs is 1. The van der Waals surface area contributed by atoms with E-state index in [-0.39, 0.29) is 12.0 Å². The first-order valence-electron chi connectivity index (χ1n) is 9.32. The van der Waals surface area contributed by atoms with Crippen LogP contribution in [0.4, 0.5) is 4.79 Å². The van der Waals surface area contributed by atoms with Crippen molar-refractivity contribution in [1.82, 2.24) is 14.8 Å². The number of benzene rings is 1. The standard InChI is InChI=1S/C21H21N3O3S/c1-2-27-21(26)24-11-9-23(10-12-24)20(25)16-14-18(19-8-5-13-28-19)22-17-7-4-3-6-15(16)17/h3-8,13-14H,2,9-12H2,1H3. The topological polar surface area (TPSA) is 62.7 Å². The second kappa shape index (κ2) is 7.98. The Morgan fingerprint density at radius 2 is 1.82 bits per heavy atom. The van der Waals surface area contributed by atoms with E-state index in [1.807, 2.05) is 47.8 Å². The van der Waals surface area contributed by atoms with Crippen LogP contribution in [0, 0.1) is 0 Å². The number of ether oxygens (including phenoxy) is 1. The van der Waals surface area contributed by atoms with Crippen molar-refractivity contribution in [3.63, 3.8) is 0 Å². The zero-order chi connectivity index (χ0) is 19.5. The molecule has 3 aromatic rings. The Hall–Kier alpha value is -2.93. The fraction of sp³-hybridized carbons (Fsp3) is 0.286. The van der Waals surface area contributed by atoms with Crippen LogP contribution in [0.25, 0.3) is 21.5 Å². The number of amides is 2. The highest BCUT2D eigenvalue weighted by Crippen LogP contribution is 2.28. The quantitative estimate of drug-likeness (QED) is 0.675. The molecule has 0 bridgehead atoms. The van der Waals surface area contributed by atoms with Gasteiger partial charge in [0.1, 0.15) is 0 Å². The van der Waals surface area contributed by atoms with Crippen molar-refractivity contribution in [3.05, 3.63) is 53.4 Å². The van der Waals surface area contributed by atoms with Crippen molar-refractivity contribution in [1.29, 1.82) is 0 Å². The van der Waals surface area contributed by atoms with Crippen LogP contribution in [-0.2, 0) is 4.74 Å². The van der Waals surface area contributed by atoms with E-state index < -0.39 is 0 Å². The van der Waals surface area contributed by atoms with E-state index in [0.717, 1.165) is 21.5 Å². The Morgan fingerprint density at radius 1 is 1.07 bits per heavy atom. The van der Waals surface area contributed by atoms with Gasteiger partial charge >= 0.3 is 6.09 Å². The predicted molar refractivity (Wildman–Crippen MR) is 110 cm³/mol. The molecular formula is C21H21N3O3S. The SMILES string of the molecule is CCOC(=O)N1CCN(C(=O)c2cc(-c3cccs3)nc3ccccc23)CC1. The number of para-hydroxylation sites is 1. The minimum absolute atomic E-state index is 0.0279. The first-order chi connectivity index (χ1) is 13.7. The summed E-state index contributed by atoms with van der Waals surface area (Å²) in [4.78, 5) is 34.4. The Labute approximate surface area is 167 Å². The molecule has 0 radical (unpaired) electrons. The number of pyridine rings is 1. The van der Waals surface area contributed by atoms with Crippen LogP contribution in [0.3, 0.4) is 0 Å². The average Bonchev–Trinajstić information content (AvgIpc) is 3.28. The summed E-state index contributed by atoms with van der Waals surface area (Å²) in [5.41, 5.74) is 2.27. The third kappa shape index (κ3) is 3.57. The van der Waals surface area contributed by atoms with E-state index in [9.17, 15) is 9.59 Å². The predicted octanol–water partition coefficient (Wildman–Crippen LogP) is 3.88. The zero-order valence-corrected chi connectivity index (χ0v) is 16.4. The molecule has 0 N–H and O–H groups in total. The van der Waals surface area contributed by atoms with Gasteiger partial charge in [-0.15, -0.1) is 11.3 Å². The van der Waals surface area contributed by atoms with E-state index in [0.29, 0.717) is 38.3 Å². The molecule has 1 aliphatic rings. The second-order valence-electron chi connectivity index (χ2n) is 6.53. The molecule has 1 fully saturated rings. The average molecular weight is 395 g/mol. The highest BCUT2D eigenvalue weighted by atomic mass is 32.1. The molecular weight excluding hydrogens is 374 g/mol. The van der Waals surface area contributed by atoms with Crippen LogP contribution in [0.2, 0.25) is 0 Å². The summed E-state index contributed by atoms with van der Waals surface area (Å²) in [5, 5.41) is 2.85. The molecule has 0 unspecified atom stereocenters. The maximum absolute atomic E-state index is 13.3. The highest BCUT2D eigenvalue weighted by molar-refractivity contribution is 7.13. The summed E-state index contributed by atoms with van der Waals surface area (Å²) in [6.45, 7) is 4.08. The molecule has 4 rings (SSSR count). The Morgan fingerprint density at radius 3 is 2.54 bits per heavy atom. The van der Waals surface area contributed by atoms with Crippen molar-refractivity contribution in [2.75, 3.05) is 32.8 Å². The van der Waals surface area contributed by atoms with E-state index in [2.05, 4.69) is 0 Å². The number of aromatic nitrogens is 1. The van der Waals surface area contributed by atoms with Crippen molar-refractivity contribution in [2.24, 2.45) is 0 Å². The van der Waals surface area contributed by atoms with Crippen LogP contribution in [0.5, 0.6) is 0 Å². The van der Waals surface area contributed by atoms with E-state index in [1.165, 1.54) is 0 Å². The lowest BCUT2D eigenvalue weighted by Gasteiger charge is -2.34. The number of carbonyl (C=O) groups excluding carboxylic acids is 2. The summed E-state index contributed by atoms with van der Waals surface area (Å²) in [7, 11) is 0. The third-order valence-electron chi connectivity index (χ3n) is 4.81. The monoisotopic (exact) mass is 395 g/mol. The highest BCUT2D eigenvalue weighted by Gasteiger charge is 2.27. The normalized spacial score (nSPS) is 14.3. The number of thiophene rings is 1. The van der Waals surface area contributed by atoms with Gasteiger partial charge in [0.25, 0.3) is 5.91 Å². The number of carbonyl (C=O) groups is 2. The zero-order valence-electron chi connectivity index (χ0n) is 15.6. The third-order valence-corrected chi connectivity index (χ3v) is 5.71.